The summed E-state index contributed by atoms with van der Waals surface area (Å²) in [6, 6.07) is 14.1. The van der Waals surface area contributed by atoms with Gasteiger partial charge in [-0.2, -0.15) is 0 Å². The van der Waals surface area contributed by atoms with Crippen LogP contribution in [0, 0.1) is 6.92 Å². The molecule has 0 atom stereocenters. The maximum atomic E-state index is 12.9. The number of carbonyl (C=O) groups is 1. The third-order valence-electron chi connectivity index (χ3n) is 3.91. The molecule has 0 aliphatic carbocycles. The van der Waals surface area contributed by atoms with E-state index in [1.165, 1.54) is 0 Å². The Balaban J connectivity index is 1.90. The number of aryl methyl sites for hydroxylation is 1. The molecule has 0 fully saturated rings. The Kier molecular flexibility index (Phi) is 4.15. The average Bonchev–Trinajstić information content (AvgIpc) is 2.95. The number of fused-ring (bicyclic) bond motifs is 1. The number of rotatable bonds is 4. The van der Waals surface area contributed by atoms with Gasteiger partial charge in [0.15, 0.2) is 0 Å². The van der Waals surface area contributed by atoms with Crippen LogP contribution in [0.15, 0.2) is 54.9 Å². The summed E-state index contributed by atoms with van der Waals surface area (Å²) >= 11 is 0. The molecule has 2 heterocycles. The zero-order valence-corrected chi connectivity index (χ0v) is 13.7. The predicted octanol–water partition coefficient (Wildman–Crippen LogP) is 3.69. The Labute approximate surface area is 136 Å². The number of pyridine rings is 1. The van der Waals surface area contributed by atoms with Crippen molar-refractivity contribution in [3.8, 4) is 0 Å². The first-order chi connectivity index (χ1) is 11.0. The van der Waals surface area contributed by atoms with Gasteiger partial charge >= 0.3 is 0 Å². The Morgan fingerprint density at radius 2 is 1.96 bits per heavy atom. The van der Waals surface area contributed by atoms with E-state index in [1.54, 1.807) is 6.20 Å². The van der Waals surface area contributed by atoms with Gasteiger partial charge in [-0.05, 0) is 44.0 Å². The second-order valence-corrected chi connectivity index (χ2v) is 6.11. The normalized spacial score (nSPS) is 11.1. The molecule has 0 spiro atoms. The molecule has 118 valence electrons. The second-order valence-electron chi connectivity index (χ2n) is 6.11. The summed E-state index contributed by atoms with van der Waals surface area (Å²) in [7, 11) is 0. The lowest BCUT2D eigenvalue weighted by molar-refractivity contribution is 0.0685. The van der Waals surface area contributed by atoms with Gasteiger partial charge in [-0.1, -0.05) is 30.3 Å². The molecular weight excluding hydrogens is 286 g/mol. The Hall–Kier alpha value is -2.62. The summed E-state index contributed by atoms with van der Waals surface area (Å²) in [4.78, 5) is 19.2. The highest BCUT2D eigenvalue weighted by Gasteiger charge is 2.21. The maximum absolute atomic E-state index is 12.9. The largest absolute Gasteiger partial charge is 0.331 e. The van der Waals surface area contributed by atoms with Crippen LogP contribution in [0.2, 0.25) is 0 Å². The van der Waals surface area contributed by atoms with E-state index >= 15 is 0 Å². The van der Waals surface area contributed by atoms with Gasteiger partial charge in [-0.3, -0.25) is 4.79 Å². The van der Waals surface area contributed by atoms with Crippen molar-refractivity contribution in [2.75, 3.05) is 0 Å². The van der Waals surface area contributed by atoms with Gasteiger partial charge in [-0.15, -0.1) is 0 Å². The zero-order valence-electron chi connectivity index (χ0n) is 13.7. The highest BCUT2D eigenvalue weighted by molar-refractivity contribution is 5.93. The van der Waals surface area contributed by atoms with E-state index in [1.807, 2.05) is 78.7 Å². The fourth-order valence-electron chi connectivity index (χ4n) is 2.60. The summed E-state index contributed by atoms with van der Waals surface area (Å²) in [6.45, 7) is 6.66. The molecule has 3 aromatic rings. The van der Waals surface area contributed by atoms with Gasteiger partial charge in [0, 0.05) is 25.0 Å². The van der Waals surface area contributed by atoms with Crippen molar-refractivity contribution in [2.45, 2.75) is 33.4 Å². The van der Waals surface area contributed by atoms with Crippen molar-refractivity contribution in [1.29, 1.82) is 0 Å². The van der Waals surface area contributed by atoms with Gasteiger partial charge in [0.05, 0.1) is 0 Å². The van der Waals surface area contributed by atoms with Crippen LogP contribution in [0.5, 0.6) is 0 Å². The standard InChI is InChI=1S/C19H21N3O/c1-14(2)22(12-16-7-5-4-6-8-16)19(23)17-13-21-10-9-15(3)11-18(21)20-17/h4-11,13-14H,12H2,1-3H3. The number of benzene rings is 1. The van der Waals surface area contributed by atoms with Crippen LogP contribution in [-0.4, -0.2) is 26.2 Å². The number of aromatic nitrogens is 2. The van der Waals surface area contributed by atoms with E-state index in [0.29, 0.717) is 12.2 Å². The van der Waals surface area contributed by atoms with Crippen LogP contribution in [0.1, 0.15) is 35.5 Å². The predicted molar refractivity (Wildman–Crippen MR) is 91.4 cm³/mol. The van der Waals surface area contributed by atoms with Crippen LogP contribution in [0.3, 0.4) is 0 Å². The lowest BCUT2D eigenvalue weighted by atomic mass is 10.2. The Morgan fingerprint density at radius 1 is 1.22 bits per heavy atom. The second kappa shape index (κ2) is 6.24. The Bertz CT molecular complexity index is 821. The molecule has 0 saturated carbocycles. The van der Waals surface area contributed by atoms with Gasteiger partial charge in [0.1, 0.15) is 11.3 Å². The molecule has 0 bridgehead atoms. The first-order valence-electron chi connectivity index (χ1n) is 7.85. The van der Waals surface area contributed by atoms with E-state index in [-0.39, 0.29) is 11.9 Å². The van der Waals surface area contributed by atoms with Crippen molar-refractivity contribution in [1.82, 2.24) is 14.3 Å². The number of amides is 1. The topological polar surface area (TPSA) is 37.6 Å². The van der Waals surface area contributed by atoms with Crippen molar-refractivity contribution >= 4 is 11.6 Å². The van der Waals surface area contributed by atoms with E-state index < -0.39 is 0 Å². The molecule has 1 aromatic carbocycles. The van der Waals surface area contributed by atoms with Crippen molar-refractivity contribution in [3.63, 3.8) is 0 Å². The third kappa shape index (κ3) is 3.26. The quantitative estimate of drug-likeness (QED) is 0.737. The van der Waals surface area contributed by atoms with Gasteiger partial charge in [-0.25, -0.2) is 4.98 Å². The number of nitrogens with zero attached hydrogens (tertiary/aromatic N) is 3. The van der Waals surface area contributed by atoms with Crippen LogP contribution in [-0.2, 0) is 6.54 Å². The molecule has 0 N–H and O–H groups in total. The monoisotopic (exact) mass is 307 g/mol. The molecular formula is C19H21N3O. The van der Waals surface area contributed by atoms with Gasteiger partial charge < -0.3 is 9.30 Å². The Morgan fingerprint density at radius 3 is 2.65 bits per heavy atom. The van der Waals surface area contributed by atoms with E-state index in [9.17, 15) is 4.79 Å². The van der Waals surface area contributed by atoms with E-state index in [0.717, 1.165) is 16.8 Å². The minimum atomic E-state index is -0.0368. The SMILES string of the molecule is Cc1ccn2cc(C(=O)N(Cc3ccccc3)C(C)C)nc2c1. The molecule has 0 aliphatic heterocycles. The molecule has 0 radical (unpaired) electrons. The molecule has 1 amide bonds. The van der Waals surface area contributed by atoms with Gasteiger partial charge in [0.25, 0.3) is 5.91 Å². The summed E-state index contributed by atoms with van der Waals surface area (Å²) in [5.74, 6) is -0.0368. The molecule has 3 rings (SSSR count). The average molecular weight is 307 g/mol. The smallest absolute Gasteiger partial charge is 0.274 e. The highest BCUT2D eigenvalue weighted by Crippen LogP contribution is 2.14. The lowest BCUT2D eigenvalue weighted by Crippen LogP contribution is -2.36. The fraction of sp³-hybridized carbons (Fsp3) is 0.263. The molecule has 0 aliphatic rings. The summed E-state index contributed by atoms with van der Waals surface area (Å²) < 4.78 is 1.89. The molecule has 0 saturated heterocycles. The third-order valence-corrected chi connectivity index (χ3v) is 3.91. The summed E-state index contributed by atoms with van der Waals surface area (Å²) in [5, 5.41) is 0. The first kappa shape index (κ1) is 15.3. The molecule has 4 nitrogen and oxygen atoms in total. The highest BCUT2D eigenvalue weighted by atomic mass is 16.2. The lowest BCUT2D eigenvalue weighted by Gasteiger charge is -2.26. The van der Waals surface area contributed by atoms with Crippen molar-refractivity contribution in [3.05, 3.63) is 71.7 Å². The first-order valence-corrected chi connectivity index (χ1v) is 7.85. The molecule has 4 heteroatoms. The minimum absolute atomic E-state index is 0.0368. The van der Waals surface area contributed by atoms with E-state index in [4.69, 9.17) is 0 Å². The summed E-state index contributed by atoms with van der Waals surface area (Å²) in [5.41, 5.74) is 3.54. The molecule has 0 unspecified atom stereocenters. The minimum Gasteiger partial charge on any atom is -0.331 e. The van der Waals surface area contributed by atoms with E-state index in [2.05, 4.69) is 4.98 Å². The molecule has 2 aromatic heterocycles. The van der Waals surface area contributed by atoms with Crippen LogP contribution >= 0.6 is 0 Å². The summed E-state index contributed by atoms with van der Waals surface area (Å²) in [6.07, 6.45) is 3.74. The van der Waals surface area contributed by atoms with Gasteiger partial charge in [0.2, 0.25) is 0 Å². The number of hydrogen-bond donors (Lipinski definition) is 0. The zero-order chi connectivity index (χ0) is 16.4. The van der Waals surface area contributed by atoms with Crippen molar-refractivity contribution in [2.24, 2.45) is 0 Å². The number of carbonyl (C=O) groups excluding carboxylic acids is 1. The number of imidazole rings is 1. The molecule has 23 heavy (non-hydrogen) atoms. The fourth-order valence-corrected chi connectivity index (χ4v) is 2.60. The maximum Gasteiger partial charge on any atom is 0.274 e. The van der Waals surface area contributed by atoms with Crippen LogP contribution < -0.4 is 0 Å². The number of hydrogen-bond acceptors (Lipinski definition) is 2. The van der Waals surface area contributed by atoms with Crippen LogP contribution in [0.25, 0.3) is 5.65 Å². The van der Waals surface area contributed by atoms with Crippen LogP contribution in [0.4, 0.5) is 0 Å². The van der Waals surface area contributed by atoms with Crippen molar-refractivity contribution < 1.29 is 4.79 Å².